The van der Waals surface area contributed by atoms with Gasteiger partial charge in [0.2, 0.25) is 5.95 Å². The van der Waals surface area contributed by atoms with Crippen LogP contribution in [0.1, 0.15) is 15.9 Å². The summed E-state index contributed by atoms with van der Waals surface area (Å²) in [5, 5.41) is 24.2. The van der Waals surface area contributed by atoms with Crippen molar-refractivity contribution in [2.45, 2.75) is 12.5 Å². The lowest BCUT2D eigenvalue weighted by atomic mass is 10.1. The van der Waals surface area contributed by atoms with Gasteiger partial charge < -0.3 is 21.0 Å². The van der Waals surface area contributed by atoms with Gasteiger partial charge in [0.05, 0.1) is 35.7 Å². The highest BCUT2D eigenvalue weighted by Gasteiger charge is 2.14. The fourth-order valence-corrected chi connectivity index (χ4v) is 2.68. The maximum atomic E-state index is 14.2. The highest BCUT2D eigenvalue weighted by Crippen LogP contribution is 2.19. The van der Waals surface area contributed by atoms with Crippen molar-refractivity contribution in [1.82, 2.24) is 20.2 Å². The monoisotopic (exact) mass is 417 g/mol. The number of aromatic nitrogens is 3. The van der Waals surface area contributed by atoms with Gasteiger partial charge in [-0.1, -0.05) is 12.1 Å². The number of amides is 1. The molecule has 3 aromatic rings. The van der Waals surface area contributed by atoms with Crippen molar-refractivity contribution in [3.8, 4) is 11.3 Å². The fraction of sp³-hybridized carbons (Fsp3) is 0.250. The fourth-order valence-electron chi connectivity index (χ4n) is 2.68. The predicted molar refractivity (Wildman–Crippen MR) is 105 cm³/mol. The number of benzene rings is 1. The predicted octanol–water partition coefficient (Wildman–Crippen LogP) is 1.09. The molecule has 30 heavy (non-hydrogen) atoms. The lowest BCUT2D eigenvalue weighted by Crippen LogP contribution is -2.33. The number of carbonyl (C=O) groups is 1. The van der Waals surface area contributed by atoms with Crippen molar-refractivity contribution < 1.29 is 23.8 Å². The molecule has 8 nitrogen and oxygen atoms in total. The van der Waals surface area contributed by atoms with E-state index in [9.17, 15) is 18.7 Å². The molecule has 2 heterocycles. The molecule has 0 aliphatic carbocycles. The number of pyridine rings is 1. The first-order valence-corrected chi connectivity index (χ1v) is 9.23. The van der Waals surface area contributed by atoms with E-state index in [4.69, 9.17) is 5.11 Å². The largest absolute Gasteiger partial charge is 0.394 e. The van der Waals surface area contributed by atoms with Crippen molar-refractivity contribution in [3.05, 3.63) is 71.7 Å². The first-order valence-electron chi connectivity index (χ1n) is 9.23. The molecule has 2 aromatic heterocycles. The molecular weight excluding hydrogens is 396 g/mol. The second-order valence-corrected chi connectivity index (χ2v) is 6.54. The van der Waals surface area contributed by atoms with Crippen molar-refractivity contribution >= 4 is 5.91 Å². The van der Waals surface area contributed by atoms with Gasteiger partial charge in [0.15, 0.2) is 0 Å². The highest BCUT2D eigenvalue weighted by molar-refractivity contribution is 5.94. The van der Waals surface area contributed by atoms with Gasteiger partial charge in [0, 0.05) is 19.3 Å². The lowest BCUT2D eigenvalue weighted by Gasteiger charge is -2.09. The summed E-state index contributed by atoms with van der Waals surface area (Å²) in [6, 6.07) is 9.17. The van der Waals surface area contributed by atoms with Crippen LogP contribution in [-0.4, -0.2) is 56.8 Å². The van der Waals surface area contributed by atoms with Gasteiger partial charge in [0.25, 0.3) is 5.91 Å². The van der Waals surface area contributed by atoms with Crippen molar-refractivity contribution in [2.24, 2.45) is 0 Å². The first-order chi connectivity index (χ1) is 14.5. The van der Waals surface area contributed by atoms with Gasteiger partial charge in [-0.25, -0.2) is 4.39 Å². The van der Waals surface area contributed by atoms with E-state index >= 15 is 0 Å². The number of nitrogens with one attached hydrogen (secondary N) is 2. The second-order valence-electron chi connectivity index (χ2n) is 6.54. The van der Waals surface area contributed by atoms with Crippen LogP contribution in [0, 0.1) is 11.8 Å². The molecule has 4 N–H and O–H groups in total. The first kappa shape index (κ1) is 21.3. The summed E-state index contributed by atoms with van der Waals surface area (Å²) in [5.74, 6) is -1.52. The molecule has 1 unspecified atom stereocenters. The molecule has 10 heteroatoms. The zero-order valence-electron chi connectivity index (χ0n) is 15.9. The van der Waals surface area contributed by atoms with Crippen LogP contribution in [0.3, 0.4) is 0 Å². The molecule has 0 aliphatic rings. The number of aliphatic hydroxyl groups is 2. The third-order valence-electron chi connectivity index (χ3n) is 4.26. The molecule has 0 aliphatic heterocycles. The van der Waals surface area contributed by atoms with Crippen molar-refractivity contribution in [1.29, 1.82) is 0 Å². The second kappa shape index (κ2) is 9.90. The minimum atomic E-state index is -1.05. The minimum absolute atomic E-state index is 0.0974. The Morgan fingerprint density at radius 3 is 2.77 bits per heavy atom. The number of rotatable bonds is 9. The van der Waals surface area contributed by atoms with Crippen LogP contribution >= 0.6 is 0 Å². The van der Waals surface area contributed by atoms with Gasteiger partial charge in [-0.2, -0.15) is 9.18 Å². The van der Waals surface area contributed by atoms with Gasteiger partial charge in [0.1, 0.15) is 5.82 Å². The molecular formula is C20H21F2N5O3. The molecule has 3 rings (SSSR count). The summed E-state index contributed by atoms with van der Waals surface area (Å²) in [6.45, 7) is -0.146. The number of carbonyl (C=O) groups excluding carboxylic acids is 1. The molecule has 0 bridgehead atoms. The smallest absolute Gasteiger partial charge is 0.252 e. The Morgan fingerprint density at radius 2 is 2.07 bits per heavy atom. The lowest BCUT2D eigenvalue weighted by molar-refractivity contribution is 0.0801. The Balaban J connectivity index is 1.59. The molecule has 0 saturated carbocycles. The van der Waals surface area contributed by atoms with E-state index in [1.165, 1.54) is 41.4 Å². The summed E-state index contributed by atoms with van der Waals surface area (Å²) >= 11 is 0. The van der Waals surface area contributed by atoms with E-state index in [1.54, 1.807) is 12.1 Å². The maximum absolute atomic E-state index is 14.2. The molecule has 1 aromatic carbocycles. The van der Waals surface area contributed by atoms with Crippen molar-refractivity contribution in [3.63, 3.8) is 0 Å². The van der Waals surface area contributed by atoms with Crippen LogP contribution in [-0.2, 0) is 6.42 Å². The van der Waals surface area contributed by atoms with Crippen LogP contribution in [0.15, 0.2) is 48.8 Å². The average molecular weight is 417 g/mol. The van der Waals surface area contributed by atoms with E-state index in [0.717, 1.165) is 5.56 Å². The summed E-state index contributed by atoms with van der Waals surface area (Å²) < 4.78 is 27.4. The van der Waals surface area contributed by atoms with E-state index < -0.39 is 24.6 Å². The molecule has 0 fully saturated rings. The van der Waals surface area contributed by atoms with E-state index in [1.807, 2.05) is 0 Å². The molecule has 0 saturated heterocycles. The van der Waals surface area contributed by atoms with Gasteiger partial charge in [-0.15, -0.1) is 5.10 Å². The number of halogens is 2. The molecule has 1 amide bonds. The average Bonchev–Trinajstić information content (AvgIpc) is 3.12. The normalized spacial score (nSPS) is 11.9. The molecule has 0 spiro atoms. The SMILES string of the molecule is O=C(NCC(O)CO)c1ccc(-c2cn(NCCc3cccc(F)c3)nc2F)nc1. The molecule has 1 atom stereocenters. The summed E-state index contributed by atoms with van der Waals surface area (Å²) in [4.78, 5) is 17.3. The quantitative estimate of drug-likeness (QED) is 0.415. The third-order valence-corrected chi connectivity index (χ3v) is 4.26. The summed E-state index contributed by atoms with van der Waals surface area (Å²) in [6.07, 6.45) is 2.20. The van der Waals surface area contributed by atoms with Crippen molar-refractivity contribution in [2.75, 3.05) is 25.1 Å². The van der Waals surface area contributed by atoms with Gasteiger partial charge in [-0.05, 0) is 36.2 Å². The Bertz CT molecular complexity index is 994. The number of hydrogen-bond acceptors (Lipinski definition) is 6. The summed E-state index contributed by atoms with van der Waals surface area (Å²) in [7, 11) is 0. The molecule has 158 valence electrons. The Labute approximate surface area is 171 Å². The number of aliphatic hydroxyl groups excluding tert-OH is 2. The standard InChI is InChI=1S/C20H21F2N5O3/c21-15-3-1-2-13(8-15)6-7-25-27-11-17(19(22)26-27)18-5-4-14(9-23-18)20(30)24-10-16(29)12-28/h1-5,8-9,11,16,25,28-29H,6-7,10,12H2,(H,24,30). The topological polar surface area (TPSA) is 112 Å². The Morgan fingerprint density at radius 1 is 1.23 bits per heavy atom. The summed E-state index contributed by atoms with van der Waals surface area (Å²) in [5.41, 5.74) is 4.38. The van der Waals surface area contributed by atoms with Crippen LogP contribution in [0.2, 0.25) is 0 Å². The number of hydrogen-bond donors (Lipinski definition) is 4. The zero-order valence-corrected chi connectivity index (χ0v) is 15.9. The van der Waals surface area contributed by atoms with Gasteiger partial charge in [-0.3, -0.25) is 9.78 Å². The van der Waals surface area contributed by atoms with E-state index in [2.05, 4.69) is 20.8 Å². The Hall–Kier alpha value is -3.37. The number of nitrogens with zero attached hydrogens (tertiary/aromatic N) is 3. The van der Waals surface area contributed by atoms with Crippen LogP contribution in [0.25, 0.3) is 11.3 Å². The Kier molecular flexibility index (Phi) is 7.04. The van der Waals surface area contributed by atoms with E-state index in [-0.39, 0.29) is 29.2 Å². The zero-order chi connectivity index (χ0) is 21.5. The minimum Gasteiger partial charge on any atom is -0.394 e. The highest BCUT2D eigenvalue weighted by atomic mass is 19.1. The van der Waals surface area contributed by atoms with Gasteiger partial charge >= 0.3 is 0 Å². The molecule has 0 radical (unpaired) electrons. The third kappa shape index (κ3) is 5.58. The van der Waals surface area contributed by atoms with E-state index in [0.29, 0.717) is 13.0 Å². The maximum Gasteiger partial charge on any atom is 0.252 e. The van der Waals surface area contributed by atoms with Crippen LogP contribution in [0.4, 0.5) is 8.78 Å². The van der Waals surface area contributed by atoms with Crippen LogP contribution < -0.4 is 10.7 Å². The van der Waals surface area contributed by atoms with Crippen LogP contribution in [0.5, 0.6) is 0 Å².